The van der Waals surface area contributed by atoms with Gasteiger partial charge < -0.3 is 9.73 Å². The maximum Gasteiger partial charge on any atom is 0.134 e. The monoisotopic (exact) mass is 263 g/mol. The minimum atomic E-state index is -0.00844. The zero-order chi connectivity index (χ0) is 12.8. The summed E-state index contributed by atoms with van der Waals surface area (Å²) in [5.41, 5.74) is 0.911. The summed E-state index contributed by atoms with van der Waals surface area (Å²) < 4.78 is 6.05. The van der Waals surface area contributed by atoms with Crippen molar-refractivity contribution in [1.82, 2.24) is 5.32 Å². The summed E-state index contributed by atoms with van der Waals surface area (Å²) in [6, 6.07) is 7.93. The van der Waals surface area contributed by atoms with Crippen molar-refractivity contribution >= 4 is 22.6 Å². The van der Waals surface area contributed by atoms with Crippen molar-refractivity contribution in [3.8, 4) is 0 Å². The summed E-state index contributed by atoms with van der Waals surface area (Å²) in [5.74, 6) is 1.56. The number of fused-ring (bicyclic) bond motifs is 1. The molecule has 0 bridgehead atoms. The molecule has 1 saturated heterocycles. The second-order valence-corrected chi connectivity index (χ2v) is 5.89. The standard InChI is InChI=1S/C15H18ClNO/c1-10(2)15(6-3-7-17-15)14-9-11-8-12(16)4-5-13(11)18-14/h4-5,8-10,17H,3,6-7H2,1-2H3. The first-order chi connectivity index (χ1) is 8.62. The highest BCUT2D eigenvalue weighted by atomic mass is 35.5. The zero-order valence-corrected chi connectivity index (χ0v) is 11.6. The van der Waals surface area contributed by atoms with Crippen LogP contribution in [0.25, 0.3) is 11.0 Å². The van der Waals surface area contributed by atoms with E-state index in [9.17, 15) is 0 Å². The Bertz CT molecular complexity index is 567. The van der Waals surface area contributed by atoms with Gasteiger partial charge in [0.15, 0.2) is 0 Å². The third kappa shape index (κ3) is 1.75. The van der Waals surface area contributed by atoms with Gasteiger partial charge in [0.1, 0.15) is 11.3 Å². The van der Waals surface area contributed by atoms with Crippen molar-refractivity contribution in [2.45, 2.75) is 32.2 Å². The van der Waals surface area contributed by atoms with Crippen molar-refractivity contribution in [2.24, 2.45) is 5.92 Å². The predicted molar refractivity (Wildman–Crippen MR) is 75.0 cm³/mol. The average Bonchev–Trinajstić information content (AvgIpc) is 2.94. The number of furan rings is 1. The molecule has 3 heteroatoms. The van der Waals surface area contributed by atoms with Gasteiger partial charge in [-0.15, -0.1) is 0 Å². The number of nitrogens with one attached hydrogen (secondary N) is 1. The minimum absolute atomic E-state index is 0.00844. The van der Waals surface area contributed by atoms with E-state index in [1.54, 1.807) is 0 Å². The predicted octanol–water partition coefficient (Wildman–Crippen LogP) is 4.32. The van der Waals surface area contributed by atoms with Crippen LogP contribution in [0.4, 0.5) is 0 Å². The first-order valence-corrected chi connectivity index (χ1v) is 6.94. The maximum atomic E-state index is 6.05. The third-order valence-electron chi connectivity index (χ3n) is 4.09. The Morgan fingerprint density at radius 2 is 2.17 bits per heavy atom. The molecule has 0 amide bonds. The highest BCUT2D eigenvalue weighted by Gasteiger charge is 2.41. The molecule has 1 fully saturated rings. The Morgan fingerprint density at radius 3 is 2.83 bits per heavy atom. The number of hydrogen-bond donors (Lipinski definition) is 1. The normalized spacial score (nSPS) is 24.2. The van der Waals surface area contributed by atoms with Crippen LogP contribution in [0.15, 0.2) is 28.7 Å². The fourth-order valence-corrected chi connectivity index (χ4v) is 3.17. The fourth-order valence-electron chi connectivity index (χ4n) is 2.99. The molecule has 1 aromatic carbocycles. The van der Waals surface area contributed by atoms with Crippen molar-refractivity contribution in [3.05, 3.63) is 35.0 Å². The molecule has 1 aromatic heterocycles. The SMILES string of the molecule is CC(C)C1(c2cc3cc(Cl)ccc3o2)CCCN1. The molecule has 1 N–H and O–H groups in total. The highest BCUT2D eigenvalue weighted by Crippen LogP contribution is 2.40. The van der Waals surface area contributed by atoms with E-state index in [0.717, 1.165) is 34.7 Å². The van der Waals surface area contributed by atoms with Crippen LogP contribution >= 0.6 is 11.6 Å². The van der Waals surface area contributed by atoms with Crippen molar-refractivity contribution in [1.29, 1.82) is 0 Å². The number of benzene rings is 1. The lowest BCUT2D eigenvalue weighted by molar-refractivity contribution is 0.231. The van der Waals surface area contributed by atoms with E-state index in [1.165, 1.54) is 6.42 Å². The zero-order valence-electron chi connectivity index (χ0n) is 10.8. The van der Waals surface area contributed by atoms with Crippen molar-refractivity contribution in [2.75, 3.05) is 6.54 Å². The second-order valence-electron chi connectivity index (χ2n) is 5.45. The van der Waals surface area contributed by atoms with Gasteiger partial charge in [0.25, 0.3) is 0 Å². The van der Waals surface area contributed by atoms with Crippen molar-refractivity contribution < 1.29 is 4.42 Å². The molecule has 96 valence electrons. The molecule has 0 spiro atoms. The molecule has 1 aliphatic rings. The van der Waals surface area contributed by atoms with Crippen LogP contribution in [0.5, 0.6) is 0 Å². The number of halogens is 1. The van der Waals surface area contributed by atoms with E-state index < -0.39 is 0 Å². The molecule has 0 saturated carbocycles. The van der Waals surface area contributed by atoms with Crippen LogP contribution < -0.4 is 5.32 Å². The van der Waals surface area contributed by atoms with Crippen LogP contribution in [-0.4, -0.2) is 6.54 Å². The summed E-state index contributed by atoms with van der Waals surface area (Å²) in [6.07, 6.45) is 2.34. The van der Waals surface area contributed by atoms with Gasteiger partial charge in [-0.25, -0.2) is 0 Å². The van der Waals surface area contributed by atoms with Crippen LogP contribution in [0.2, 0.25) is 5.02 Å². The van der Waals surface area contributed by atoms with E-state index in [4.69, 9.17) is 16.0 Å². The lowest BCUT2D eigenvalue weighted by atomic mass is 9.82. The fraction of sp³-hybridized carbons (Fsp3) is 0.467. The van der Waals surface area contributed by atoms with E-state index in [2.05, 4.69) is 25.2 Å². The minimum Gasteiger partial charge on any atom is -0.459 e. The van der Waals surface area contributed by atoms with Crippen LogP contribution in [0, 0.1) is 5.92 Å². The summed E-state index contributed by atoms with van der Waals surface area (Å²) in [5, 5.41) is 5.48. The molecule has 18 heavy (non-hydrogen) atoms. The van der Waals surface area contributed by atoms with Crippen LogP contribution in [0.1, 0.15) is 32.4 Å². The Kier molecular flexibility index (Phi) is 2.87. The lowest BCUT2D eigenvalue weighted by Gasteiger charge is -2.31. The topological polar surface area (TPSA) is 25.2 Å². The highest BCUT2D eigenvalue weighted by molar-refractivity contribution is 6.31. The van der Waals surface area contributed by atoms with Gasteiger partial charge >= 0.3 is 0 Å². The quantitative estimate of drug-likeness (QED) is 0.873. The molecule has 2 heterocycles. The van der Waals surface area contributed by atoms with Crippen molar-refractivity contribution in [3.63, 3.8) is 0 Å². The van der Waals surface area contributed by atoms with Gasteiger partial charge in [-0.1, -0.05) is 25.4 Å². The van der Waals surface area contributed by atoms with Gasteiger partial charge in [0.05, 0.1) is 5.54 Å². The van der Waals surface area contributed by atoms with Crippen LogP contribution in [0.3, 0.4) is 0 Å². The van der Waals surface area contributed by atoms with E-state index >= 15 is 0 Å². The molecular weight excluding hydrogens is 246 g/mol. The number of hydrogen-bond acceptors (Lipinski definition) is 2. The molecule has 1 atom stereocenters. The summed E-state index contributed by atoms with van der Waals surface area (Å²) in [6.45, 7) is 5.56. The molecular formula is C15H18ClNO. The van der Waals surface area contributed by atoms with E-state index in [-0.39, 0.29) is 5.54 Å². The molecule has 2 nitrogen and oxygen atoms in total. The van der Waals surface area contributed by atoms with Gasteiger partial charge in [0, 0.05) is 10.4 Å². The Hall–Kier alpha value is -0.990. The molecule has 1 unspecified atom stereocenters. The van der Waals surface area contributed by atoms with Gasteiger partial charge in [-0.2, -0.15) is 0 Å². The Labute approximate surface area is 112 Å². The maximum absolute atomic E-state index is 6.05. The first-order valence-electron chi connectivity index (χ1n) is 6.56. The molecule has 0 radical (unpaired) electrons. The molecule has 1 aliphatic heterocycles. The summed E-state index contributed by atoms with van der Waals surface area (Å²) in [4.78, 5) is 0. The Balaban J connectivity index is 2.12. The molecule has 0 aliphatic carbocycles. The second kappa shape index (κ2) is 4.29. The largest absolute Gasteiger partial charge is 0.459 e. The molecule has 3 rings (SSSR count). The van der Waals surface area contributed by atoms with Gasteiger partial charge in [-0.3, -0.25) is 0 Å². The molecule has 2 aromatic rings. The van der Waals surface area contributed by atoms with Gasteiger partial charge in [-0.05, 0) is 49.6 Å². The average molecular weight is 264 g/mol. The van der Waals surface area contributed by atoms with Crippen LogP contribution in [-0.2, 0) is 5.54 Å². The lowest BCUT2D eigenvalue weighted by Crippen LogP contribution is -2.41. The smallest absolute Gasteiger partial charge is 0.134 e. The summed E-state index contributed by atoms with van der Waals surface area (Å²) >= 11 is 6.03. The third-order valence-corrected chi connectivity index (χ3v) is 4.33. The van der Waals surface area contributed by atoms with Gasteiger partial charge in [0.2, 0.25) is 0 Å². The number of rotatable bonds is 2. The first kappa shape index (κ1) is 12.1. The summed E-state index contributed by atoms with van der Waals surface area (Å²) in [7, 11) is 0. The van der Waals surface area contributed by atoms with E-state index in [1.807, 2.05) is 18.2 Å². The van der Waals surface area contributed by atoms with E-state index in [0.29, 0.717) is 5.92 Å². The Morgan fingerprint density at radius 1 is 1.33 bits per heavy atom.